The van der Waals surface area contributed by atoms with E-state index in [1.54, 1.807) is 0 Å². The number of allylic oxidation sites excluding steroid dienone is 2. The van der Waals surface area contributed by atoms with Gasteiger partial charge < -0.3 is 0 Å². The molecule has 0 saturated heterocycles. The Labute approximate surface area is 87.7 Å². The molecule has 4 rings (SSSR count). The van der Waals surface area contributed by atoms with Crippen LogP contribution in [0.3, 0.4) is 0 Å². The second-order valence-electron chi connectivity index (χ2n) is 4.32. The van der Waals surface area contributed by atoms with E-state index < -0.39 is 0 Å². The molecule has 0 aliphatic heterocycles. The van der Waals surface area contributed by atoms with E-state index in [9.17, 15) is 0 Å². The standard InChI is InChI=1S/C13H10N2/c1-2-4-11-10(3-1)14-12-8-5-6-9(7-8)13(12)15-11/h1-6,8-9H,7H2. The first-order chi connectivity index (χ1) is 7.42. The lowest BCUT2D eigenvalue weighted by Gasteiger charge is -2.09. The molecule has 0 radical (unpaired) electrons. The van der Waals surface area contributed by atoms with Crippen LogP contribution in [0.25, 0.3) is 11.0 Å². The molecule has 2 aliphatic carbocycles. The van der Waals surface area contributed by atoms with Gasteiger partial charge in [-0.25, -0.2) is 9.97 Å². The summed E-state index contributed by atoms with van der Waals surface area (Å²) in [6.07, 6.45) is 5.73. The molecule has 2 nitrogen and oxygen atoms in total. The van der Waals surface area contributed by atoms with E-state index >= 15 is 0 Å². The van der Waals surface area contributed by atoms with E-state index in [0.717, 1.165) is 11.0 Å². The molecule has 2 unspecified atom stereocenters. The number of benzene rings is 1. The van der Waals surface area contributed by atoms with Crippen LogP contribution in [-0.2, 0) is 0 Å². The van der Waals surface area contributed by atoms with Crippen molar-refractivity contribution in [3.63, 3.8) is 0 Å². The van der Waals surface area contributed by atoms with Gasteiger partial charge in [-0.1, -0.05) is 24.3 Å². The van der Waals surface area contributed by atoms with Crippen LogP contribution < -0.4 is 0 Å². The van der Waals surface area contributed by atoms with Gasteiger partial charge in [0.15, 0.2) is 0 Å². The molecule has 2 heteroatoms. The van der Waals surface area contributed by atoms with Crippen LogP contribution in [0, 0.1) is 0 Å². The van der Waals surface area contributed by atoms with Crippen molar-refractivity contribution in [2.75, 3.05) is 0 Å². The van der Waals surface area contributed by atoms with Crippen LogP contribution in [0.1, 0.15) is 29.6 Å². The van der Waals surface area contributed by atoms with E-state index in [-0.39, 0.29) is 0 Å². The lowest BCUT2D eigenvalue weighted by molar-refractivity contribution is 0.791. The number of rotatable bonds is 0. The molecule has 2 bridgehead atoms. The Morgan fingerprint density at radius 2 is 1.40 bits per heavy atom. The summed E-state index contributed by atoms with van der Waals surface area (Å²) in [6, 6.07) is 8.12. The number of hydrogen-bond donors (Lipinski definition) is 0. The molecule has 72 valence electrons. The van der Waals surface area contributed by atoms with Crippen molar-refractivity contribution in [2.45, 2.75) is 18.3 Å². The molecular weight excluding hydrogens is 184 g/mol. The molecule has 1 heterocycles. The summed E-state index contributed by atoms with van der Waals surface area (Å²) in [5.74, 6) is 1.06. The van der Waals surface area contributed by atoms with Crippen molar-refractivity contribution in [3.8, 4) is 0 Å². The third-order valence-electron chi connectivity index (χ3n) is 3.41. The van der Waals surface area contributed by atoms with Crippen LogP contribution >= 0.6 is 0 Å². The molecule has 1 aromatic carbocycles. The third kappa shape index (κ3) is 0.890. The minimum absolute atomic E-state index is 0.530. The summed E-state index contributed by atoms with van der Waals surface area (Å²) in [7, 11) is 0. The van der Waals surface area contributed by atoms with Gasteiger partial charge in [-0.15, -0.1) is 0 Å². The fraction of sp³-hybridized carbons (Fsp3) is 0.231. The molecule has 1 aromatic heterocycles. The van der Waals surface area contributed by atoms with Crippen LogP contribution in [0.2, 0.25) is 0 Å². The lowest BCUT2D eigenvalue weighted by Crippen LogP contribution is -2.00. The second kappa shape index (κ2) is 2.45. The summed E-state index contributed by atoms with van der Waals surface area (Å²) < 4.78 is 0. The highest BCUT2D eigenvalue weighted by Crippen LogP contribution is 2.46. The number of aromatic nitrogens is 2. The zero-order valence-electron chi connectivity index (χ0n) is 8.22. The van der Waals surface area contributed by atoms with Gasteiger partial charge in [0.2, 0.25) is 0 Å². The minimum Gasteiger partial charge on any atom is -0.249 e. The smallest absolute Gasteiger partial charge is 0.0890 e. The Kier molecular flexibility index (Phi) is 1.24. The van der Waals surface area contributed by atoms with Gasteiger partial charge in [-0.05, 0) is 18.6 Å². The first-order valence-corrected chi connectivity index (χ1v) is 5.37. The van der Waals surface area contributed by atoms with Gasteiger partial charge in [-0.3, -0.25) is 0 Å². The highest BCUT2D eigenvalue weighted by Gasteiger charge is 2.35. The van der Waals surface area contributed by atoms with Gasteiger partial charge in [0, 0.05) is 11.8 Å². The number of nitrogens with zero attached hydrogens (tertiary/aromatic N) is 2. The Balaban J connectivity index is 2.09. The normalized spacial score (nSPS) is 26.1. The van der Waals surface area contributed by atoms with Gasteiger partial charge in [0.1, 0.15) is 0 Å². The Bertz CT molecular complexity index is 536. The number of para-hydroxylation sites is 2. The highest BCUT2D eigenvalue weighted by molar-refractivity contribution is 5.75. The van der Waals surface area contributed by atoms with E-state index in [1.807, 2.05) is 24.3 Å². The highest BCUT2D eigenvalue weighted by atomic mass is 14.9. The van der Waals surface area contributed by atoms with E-state index in [0.29, 0.717) is 11.8 Å². The SMILES string of the molecule is C1=CC2CC1c1nc3ccccc3nc12. The molecule has 2 atom stereocenters. The zero-order chi connectivity index (χ0) is 9.83. The number of hydrogen-bond acceptors (Lipinski definition) is 2. The summed E-state index contributed by atoms with van der Waals surface area (Å²) in [5, 5.41) is 0. The van der Waals surface area contributed by atoms with Gasteiger partial charge in [0.25, 0.3) is 0 Å². The molecule has 0 amide bonds. The fourth-order valence-corrected chi connectivity index (χ4v) is 2.68. The topological polar surface area (TPSA) is 25.8 Å². The Hall–Kier alpha value is -1.70. The predicted molar refractivity (Wildman–Crippen MR) is 58.8 cm³/mol. The Morgan fingerprint density at radius 3 is 1.93 bits per heavy atom. The van der Waals surface area contributed by atoms with Gasteiger partial charge in [0.05, 0.1) is 22.4 Å². The average Bonchev–Trinajstić information content (AvgIpc) is 2.87. The average molecular weight is 194 g/mol. The monoisotopic (exact) mass is 194 g/mol. The summed E-state index contributed by atoms with van der Waals surface area (Å²) >= 11 is 0. The van der Waals surface area contributed by atoms with Crippen molar-refractivity contribution in [1.82, 2.24) is 9.97 Å². The van der Waals surface area contributed by atoms with Crippen LogP contribution in [0.5, 0.6) is 0 Å². The van der Waals surface area contributed by atoms with E-state index in [4.69, 9.17) is 9.97 Å². The van der Waals surface area contributed by atoms with Crippen LogP contribution in [-0.4, -0.2) is 9.97 Å². The van der Waals surface area contributed by atoms with E-state index in [2.05, 4.69) is 12.2 Å². The zero-order valence-corrected chi connectivity index (χ0v) is 8.22. The molecule has 15 heavy (non-hydrogen) atoms. The Morgan fingerprint density at radius 1 is 0.867 bits per heavy atom. The molecule has 0 fully saturated rings. The molecule has 0 spiro atoms. The molecule has 2 aromatic rings. The maximum absolute atomic E-state index is 4.72. The fourth-order valence-electron chi connectivity index (χ4n) is 2.68. The maximum Gasteiger partial charge on any atom is 0.0890 e. The van der Waals surface area contributed by atoms with Gasteiger partial charge >= 0.3 is 0 Å². The summed E-state index contributed by atoms with van der Waals surface area (Å²) in [6.45, 7) is 0. The lowest BCUT2D eigenvalue weighted by atomic mass is 10.1. The minimum atomic E-state index is 0.530. The largest absolute Gasteiger partial charge is 0.249 e. The first-order valence-electron chi connectivity index (χ1n) is 5.37. The van der Waals surface area contributed by atoms with Crippen molar-refractivity contribution in [2.24, 2.45) is 0 Å². The van der Waals surface area contributed by atoms with Crippen molar-refractivity contribution in [1.29, 1.82) is 0 Å². The quantitative estimate of drug-likeness (QED) is 0.603. The first kappa shape index (κ1) is 7.57. The number of fused-ring (bicyclic) bond motifs is 6. The summed E-state index contributed by atoms with van der Waals surface area (Å²) in [4.78, 5) is 9.45. The predicted octanol–water partition coefficient (Wildman–Crippen LogP) is 2.77. The van der Waals surface area contributed by atoms with Crippen molar-refractivity contribution < 1.29 is 0 Å². The van der Waals surface area contributed by atoms with Crippen LogP contribution in [0.15, 0.2) is 36.4 Å². The maximum atomic E-state index is 4.72. The molecule has 0 saturated carbocycles. The molecule has 2 aliphatic rings. The molecular formula is C13H10N2. The van der Waals surface area contributed by atoms with Crippen molar-refractivity contribution >= 4 is 11.0 Å². The summed E-state index contributed by atoms with van der Waals surface area (Å²) in [5.41, 5.74) is 4.47. The van der Waals surface area contributed by atoms with Crippen LogP contribution in [0.4, 0.5) is 0 Å². The molecule has 0 N–H and O–H groups in total. The van der Waals surface area contributed by atoms with Gasteiger partial charge in [-0.2, -0.15) is 0 Å². The third-order valence-corrected chi connectivity index (χ3v) is 3.41. The van der Waals surface area contributed by atoms with E-state index in [1.165, 1.54) is 17.8 Å². The second-order valence-corrected chi connectivity index (χ2v) is 4.32. The van der Waals surface area contributed by atoms with Crippen molar-refractivity contribution in [3.05, 3.63) is 47.8 Å².